The van der Waals surface area contributed by atoms with E-state index in [0.29, 0.717) is 18.6 Å². The molecule has 1 aliphatic rings. The standard InChI is InChI=1S/C6H8FNO/c7-9-6-3-1-5(8)2-4-6/h1,3H,2,4,8H2. The molecule has 0 amide bonds. The third kappa shape index (κ3) is 1.45. The van der Waals surface area contributed by atoms with Gasteiger partial charge < -0.3 is 5.73 Å². The maximum absolute atomic E-state index is 11.4. The molecule has 0 radical (unpaired) electrons. The molecule has 50 valence electrons. The lowest BCUT2D eigenvalue weighted by molar-refractivity contribution is -0.0870. The van der Waals surface area contributed by atoms with Crippen LogP contribution in [0.3, 0.4) is 0 Å². The zero-order chi connectivity index (χ0) is 6.69. The summed E-state index contributed by atoms with van der Waals surface area (Å²) in [5.41, 5.74) is 6.16. The van der Waals surface area contributed by atoms with Gasteiger partial charge in [0, 0.05) is 16.6 Å². The Morgan fingerprint density at radius 1 is 1.44 bits per heavy atom. The maximum Gasteiger partial charge on any atom is 0.149 e. The van der Waals surface area contributed by atoms with Gasteiger partial charge in [0.05, 0.1) is 0 Å². The van der Waals surface area contributed by atoms with E-state index in [0.717, 1.165) is 5.70 Å². The van der Waals surface area contributed by atoms with Gasteiger partial charge in [-0.1, -0.05) is 0 Å². The Bertz CT molecular complexity index is 162. The van der Waals surface area contributed by atoms with E-state index in [2.05, 4.69) is 4.94 Å². The van der Waals surface area contributed by atoms with Crippen LogP contribution in [0.4, 0.5) is 4.53 Å². The molecule has 0 bridgehead atoms. The Morgan fingerprint density at radius 3 is 2.67 bits per heavy atom. The highest BCUT2D eigenvalue weighted by Gasteiger charge is 2.03. The molecule has 0 aromatic carbocycles. The first-order valence-corrected chi connectivity index (χ1v) is 2.76. The highest BCUT2D eigenvalue weighted by atomic mass is 19.3. The van der Waals surface area contributed by atoms with Crippen LogP contribution < -0.4 is 5.73 Å². The molecule has 0 unspecified atom stereocenters. The number of hydrogen-bond donors (Lipinski definition) is 1. The monoisotopic (exact) mass is 129 g/mol. The van der Waals surface area contributed by atoms with Gasteiger partial charge in [0.25, 0.3) is 0 Å². The summed E-state index contributed by atoms with van der Waals surface area (Å²) in [7, 11) is 0. The van der Waals surface area contributed by atoms with E-state index in [1.54, 1.807) is 12.2 Å². The molecular weight excluding hydrogens is 121 g/mol. The van der Waals surface area contributed by atoms with Crippen LogP contribution in [0.2, 0.25) is 0 Å². The lowest BCUT2D eigenvalue weighted by Gasteiger charge is -2.05. The second kappa shape index (κ2) is 2.53. The van der Waals surface area contributed by atoms with Gasteiger partial charge in [0.15, 0.2) is 0 Å². The lowest BCUT2D eigenvalue weighted by Crippen LogP contribution is -2.01. The zero-order valence-electron chi connectivity index (χ0n) is 4.93. The first-order valence-electron chi connectivity index (χ1n) is 2.76. The molecule has 0 saturated heterocycles. The summed E-state index contributed by atoms with van der Waals surface area (Å²) in [6.07, 6.45) is 4.45. The minimum absolute atomic E-state index is 0.351. The second-order valence-corrected chi connectivity index (χ2v) is 1.95. The number of nitrogens with two attached hydrogens (primary N) is 1. The molecule has 0 atom stereocenters. The van der Waals surface area contributed by atoms with E-state index < -0.39 is 0 Å². The predicted octanol–water partition coefficient (Wildman–Crippen LogP) is 1.41. The Balaban J connectivity index is 2.59. The summed E-state index contributed by atoms with van der Waals surface area (Å²) < 4.78 is 11.4. The van der Waals surface area contributed by atoms with Crippen molar-refractivity contribution in [3.8, 4) is 0 Å². The molecule has 0 saturated carbocycles. The van der Waals surface area contributed by atoms with Crippen molar-refractivity contribution in [2.45, 2.75) is 12.8 Å². The number of hydrogen-bond acceptors (Lipinski definition) is 2. The van der Waals surface area contributed by atoms with E-state index in [1.807, 2.05) is 0 Å². The molecule has 1 rings (SSSR count). The first-order chi connectivity index (χ1) is 4.33. The quantitative estimate of drug-likeness (QED) is 0.581. The fourth-order valence-electron chi connectivity index (χ4n) is 0.698. The molecule has 0 aliphatic heterocycles. The van der Waals surface area contributed by atoms with Gasteiger partial charge in [-0.25, -0.2) is 0 Å². The Hall–Kier alpha value is -0.990. The van der Waals surface area contributed by atoms with Crippen molar-refractivity contribution >= 4 is 0 Å². The van der Waals surface area contributed by atoms with Crippen molar-refractivity contribution in [1.29, 1.82) is 0 Å². The van der Waals surface area contributed by atoms with Crippen LogP contribution in [-0.4, -0.2) is 0 Å². The Labute approximate surface area is 52.7 Å². The highest BCUT2D eigenvalue weighted by molar-refractivity contribution is 5.18. The van der Waals surface area contributed by atoms with Crippen LogP contribution in [0, 0.1) is 0 Å². The zero-order valence-corrected chi connectivity index (χ0v) is 4.93. The van der Waals surface area contributed by atoms with E-state index in [4.69, 9.17) is 5.73 Å². The fourth-order valence-corrected chi connectivity index (χ4v) is 0.698. The molecule has 0 fully saturated rings. The summed E-state index contributed by atoms with van der Waals surface area (Å²) in [6.45, 7) is 0. The molecule has 1 aliphatic carbocycles. The van der Waals surface area contributed by atoms with Gasteiger partial charge in [0.2, 0.25) is 0 Å². The third-order valence-electron chi connectivity index (χ3n) is 1.24. The van der Waals surface area contributed by atoms with E-state index >= 15 is 0 Å². The SMILES string of the molecule is NC1=CC=C(OF)CC1. The number of allylic oxidation sites excluding steroid dienone is 4. The molecule has 0 aromatic heterocycles. The number of rotatable bonds is 1. The minimum Gasteiger partial charge on any atom is -0.402 e. The molecule has 0 spiro atoms. The van der Waals surface area contributed by atoms with Crippen LogP contribution in [0.15, 0.2) is 23.6 Å². The topological polar surface area (TPSA) is 35.2 Å². The first kappa shape index (κ1) is 6.13. The van der Waals surface area contributed by atoms with Crippen molar-refractivity contribution < 1.29 is 9.47 Å². The molecule has 0 heterocycles. The van der Waals surface area contributed by atoms with Gasteiger partial charge in [-0.3, -0.25) is 4.94 Å². The van der Waals surface area contributed by atoms with Gasteiger partial charge in [-0.2, -0.15) is 0 Å². The molecular formula is C6H8FNO. The van der Waals surface area contributed by atoms with Gasteiger partial charge in [-0.15, -0.1) is 0 Å². The van der Waals surface area contributed by atoms with Crippen LogP contribution in [-0.2, 0) is 4.94 Å². The highest BCUT2D eigenvalue weighted by Crippen LogP contribution is 2.15. The van der Waals surface area contributed by atoms with Gasteiger partial charge >= 0.3 is 0 Å². The molecule has 9 heavy (non-hydrogen) atoms. The molecule has 2 N–H and O–H groups in total. The number of halogens is 1. The van der Waals surface area contributed by atoms with Crippen molar-refractivity contribution in [3.05, 3.63) is 23.6 Å². The molecule has 0 aromatic rings. The average molecular weight is 129 g/mol. The normalized spacial score (nSPS) is 18.3. The minimum atomic E-state index is 0.351. The van der Waals surface area contributed by atoms with Crippen molar-refractivity contribution in [2.75, 3.05) is 0 Å². The second-order valence-electron chi connectivity index (χ2n) is 1.95. The van der Waals surface area contributed by atoms with E-state index in [9.17, 15) is 4.53 Å². The summed E-state index contributed by atoms with van der Waals surface area (Å²) in [5.74, 6) is 0.351. The van der Waals surface area contributed by atoms with E-state index in [-0.39, 0.29) is 0 Å². The van der Waals surface area contributed by atoms with Gasteiger partial charge in [0.1, 0.15) is 5.76 Å². The average Bonchev–Trinajstić information content (AvgIpc) is 1.90. The predicted molar refractivity (Wildman–Crippen MR) is 31.8 cm³/mol. The fraction of sp³-hybridized carbons (Fsp3) is 0.333. The van der Waals surface area contributed by atoms with E-state index in [1.165, 1.54) is 0 Å². The van der Waals surface area contributed by atoms with Crippen molar-refractivity contribution in [3.63, 3.8) is 0 Å². The largest absolute Gasteiger partial charge is 0.402 e. The molecule has 2 nitrogen and oxygen atoms in total. The maximum atomic E-state index is 11.4. The van der Waals surface area contributed by atoms with Crippen molar-refractivity contribution in [1.82, 2.24) is 0 Å². The van der Waals surface area contributed by atoms with Gasteiger partial charge in [-0.05, 0) is 18.6 Å². The summed E-state index contributed by atoms with van der Waals surface area (Å²) in [4.78, 5) is 3.50. The Kier molecular flexibility index (Phi) is 1.72. The van der Waals surface area contributed by atoms with Crippen LogP contribution in [0.1, 0.15) is 12.8 Å². The summed E-state index contributed by atoms with van der Waals surface area (Å²) >= 11 is 0. The third-order valence-corrected chi connectivity index (χ3v) is 1.24. The smallest absolute Gasteiger partial charge is 0.149 e. The van der Waals surface area contributed by atoms with Crippen LogP contribution >= 0.6 is 0 Å². The van der Waals surface area contributed by atoms with Crippen LogP contribution in [0.5, 0.6) is 0 Å². The van der Waals surface area contributed by atoms with Crippen LogP contribution in [0.25, 0.3) is 0 Å². The molecule has 3 heteroatoms. The Morgan fingerprint density at radius 2 is 2.22 bits per heavy atom. The van der Waals surface area contributed by atoms with Crippen molar-refractivity contribution in [2.24, 2.45) is 5.73 Å². The lowest BCUT2D eigenvalue weighted by atomic mass is 10.1. The summed E-state index contributed by atoms with van der Waals surface area (Å²) in [5, 5.41) is 0. The summed E-state index contributed by atoms with van der Waals surface area (Å²) in [6, 6.07) is 0.